The maximum atomic E-state index is 3.86. The molecule has 0 fully saturated rings. The second-order valence-electron chi connectivity index (χ2n) is 2.19. The van der Waals surface area contributed by atoms with E-state index in [0.717, 1.165) is 12.2 Å². The van der Waals surface area contributed by atoms with Crippen LogP contribution in [0.25, 0.3) is 5.57 Å². The van der Waals surface area contributed by atoms with Crippen molar-refractivity contribution in [3.05, 3.63) is 18.0 Å². The number of allylic oxidation sites excluding steroid dienone is 2. The van der Waals surface area contributed by atoms with Crippen LogP contribution in [-0.2, 0) is 6.54 Å². The molecule has 3 nitrogen and oxygen atoms in total. The van der Waals surface area contributed by atoms with E-state index in [1.54, 1.807) is 6.20 Å². The van der Waals surface area contributed by atoms with Gasteiger partial charge >= 0.3 is 0 Å². The van der Waals surface area contributed by atoms with Gasteiger partial charge in [-0.1, -0.05) is 11.3 Å². The number of nitrogens with zero attached hydrogens (tertiary/aromatic N) is 3. The average Bonchev–Trinajstić information content (AvgIpc) is 2.35. The highest BCUT2D eigenvalue weighted by Crippen LogP contribution is 2.17. The summed E-state index contributed by atoms with van der Waals surface area (Å²) in [5, 5.41) is 7.63. The summed E-state index contributed by atoms with van der Waals surface area (Å²) in [7, 11) is 0. The monoisotopic (exact) mass is 121 g/mol. The van der Waals surface area contributed by atoms with Crippen LogP contribution in [0.1, 0.15) is 12.6 Å². The van der Waals surface area contributed by atoms with E-state index in [9.17, 15) is 0 Å². The Hall–Kier alpha value is -1.12. The molecule has 0 N–H and O–H groups in total. The summed E-state index contributed by atoms with van der Waals surface area (Å²) in [4.78, 5) is 0. The molecule has 0 bridgehead atoms. The summed E-state index contributed by atoms with van der Waals surface area (Å²) in [5.74, 6) is 0. The summed E-state index contributed by atoms with van der Waals surface area (Å²) in [6, 6.07) is 0. The summed E-state index contributed by atoms with van der Waals surface area (Å²) in [5.41, 5.74) is 2.43. The lowest BCUT2D eigenvalue weighted by Gasteiger charge is -1.89. The smallest absolute Gasteiger partial charge is 0.0843 e. The van der Waals surface area contributed by atoms with Gasteiger partial charge in [-0.25, -0.2) is 4.68 Å². The van der Waals surface area contributed by atoms with Gasteiger partial charge in [-0.2, -0.15) is 0 Å². The van der Waals surface area contributed by atoms with Crippen molar-refractivity contribution in [3.63, 3.8) is 0 Å². The third kappa shape index (κ3) is 0.512. The van der Waals surface area contributed by atoms with E-state index < -0.39 is 0 Å². The van der Waals surface area contributed by atoms with Crippen molar-refractivity contribution in [2.75, 3.05) is 0 Å². The maximum absolute atomic E-state index is 3.86. The zero-order valence-electron chi connectivity index (χ0n) is 5.20. The van der Waals surface area contributed by atoms with Crippen LogP contribution in [0.3, 0.4) is 0 Å². The van der Waals surface area contributed by atoms with Crippen LogP contribution in [0.2, 0.25) is 0 Å². The van der Waals surface area contributed by atoms with E-state index in [2.05, 4.69) is 23.3 Å². The molecule has 2 rings (SSSR count). The standard InChI is InChI=1S/C6H7N3/c1-5-2-3-9-6(5)4-7-8-9/h2,4H,3H2,1H3. The van der Waals surface area contributed by atoms with Crippen molar-refractivity contribution in [2.24, 2.45) is 0 Å². The Kier molecular flexibility index (Phi) is 0.754. The van der Waals surface area contributed by atoms with Gasteiger partial charge < -0.3 is 0 Å². The van der Waals surface area contributed by atoms with Gasteiger partial charge in [0.1, 0.15) is 0 Å². The fourth-order valence-corrected chi connectivity index (χ4v) is 1.03. The van der Waals surface area contributed by atoms with Crippen LogP contribution in [-0.4, -0.2) is 15.0 Å². The molecule has 0 saturated carbocycles. The number of rotatable bonds is 0. The molecule has 0 aromatic carbocycles. The fraction of sp³-hybridized carbons (Fsp3) is 0.333. The topological polar surface area (TPSA) is 30.7 Å². The number of fused-ring (bicyclic) bond motifs is 1. The van der Waals surface area contributed by atoms with Gasteiger partial charge in [0.05, 0.1) is 18.4 Å². The normalized spacial score (nSPS) is 15.4. The van der Waals surface area contributed by atoms with Crippen LogP contribution in [0.4, 0.5) is 0 Å². The Morgan fingerprint density at radius 2 is 2.56 bits per heavy atom. The summed E-state index contributed by atoms with van der Waals surface area (Å²) in [6.45, 7) is 2.96. The van der Waals surface area contributed by atoms with Gasteiger partial charge in [-0.3, -0.25) is 0 Å². The first-order valence-electron chi connectivity index (χ1n) is 2.93. The molecule has 0 unspecified atom stereocenters. The summed E-state index contributed by atoms with van der Waals surface area (Å²) >= 11 is 0. The van der Waals surface area contributed by atoms with Crippen LogP contribution < -0.4 is 0 Å². The third-order valence-electron chi connectivity index (χ3n) is 1.59. The molecule has 1 aromatic rings. The van der Waals surface area contributed by atoms with E-state index in [0.29, 0.717) is 0 Å². The SMILES string of the molecule is CC1=CCn2nncc21. The Morgan fingerprint density at radius 3 is 3.33 bits per heavy atom. The second-order valence-corrected chi connectivity index (χ2v) is 2.19. The fourth-order valence-electron chi connectivity index (χ4n) is 1.03. The molecule has 0 atom stereocenters. The lowest BCUT2D eigenvalue weighted by Crippen LogP contribution is -1.94. The minimum Gasteiger partial charge on any atom is -0.241 e. The van der Waals surface area contributed by atoms with Crippen LogP contribution in [0.5, 0.6) is 0 Å². The first kappa shape index (κ1) is 4.73. The van der Waals surface area contributed by atoms with E-state index >= 15 is 0 Å². The van der Waals surface area contributed by atoms with Crippen molar-refractivity contribution in [1.29, 1.82) is 0 Å². The zero-order valence-corrected chi connectivity index (χ0v) is 5.20. The Labute approximate surface area is 53.0 Å². The molecule has 46 valence electrons. The molecule has 0 radical (unpaired) electrons. The molecule has 2 heterocycles. The average molecular weight is 121 g/mol. The molecule has 1 aliphatic heterocycles. The number of hydrogen-bond donors (Lipinski definition) is 0. The number of aromatic nitrogens is 3. The Balaban J connectivity index is 2.62. The lowest BCUT2D eigenvalue weighted by molar-refractivity contribution is 0.670. The summed E-state index contributed by atoms with van der Waals surface area (Å²) < 4.78 is 1.88. The van der Waals surface area contributed by atoms with Crippen molar-refractivity contribution >= 4 is 5.57 Å². The zero-order chi connectivity index (χ0) is 6.27. The maximum Gasteiger partial charge on any atom is 0.0843 e. The molecule has 0 spiro atoms. The molecule has 0 saturated heterocycles. The van der Waals surface area contributed by atoms with Crippen LogP contribution in [0, 0.1) is 0 Å². The van der Waals surface area contributed by atoms with E-state index in [-0.39, 0.29) is 0 Å². The van der Waals surface area contributed by atoms with Crippen LogP contribution >= 0.6 is 0 Å². The van der Waals surface area contributed by atoms with Gasteiger partial charge in [-0.15, -0.1) is 5.10 Å². The van der Waals surface area contributed by atoms with Gasteiger partial charge in [0.25, 0.3) is 0 Å². The van der Waals surface area contributed by atoms with Crippen molar-refractivity contribution in [1.82, 2.24) is 15.0 Å². The minimum atomic E-state index is 0.890. The highest BCUT2D eigenvalue weighted by atomic mass is 15.4. The van der Waals surface area contributed by atoms with E-state index in [1.165, 1.54) is 5.57 Å². The predicted molar refractivity (Wildman–Crippen MR) is 33.7 cm³/mol. The molecular formula is C6H7N3. The first-order valence-corrected chi connectivity index (χ1v) is 2.93. The first-order chi connectivity index (χ1) is 4.38. The molecule has 1 aliphatic rings. The van der Waals surface area contributed by atoms with Gasteiger partial charge in [0.2, 0.25) is 0 Å². The molecule has 1 aromatic heterocycles. The molecule has 9 heavy (non-hydrogen) atoms. The highest BCUT2D eigenvalue weighted by Gasteiger charge is 2.09. The quantitative estimate of drug-likeness (QED) is 0.505. The third-order valence-corrected chi connectivity index (χ3v) is 1.59. The van der Waals surface area contributed by atoms with Crippen LogP contribution in [0.15, 0.2) is 12.3 Å². The largest absolute Gasteiger partial charge is 0.241 e. The molecule has 3 heteroatoms. The van der Waals surface area contributed by atoms with Crippen molar-refractivity contribution in [2.45, 2.75) is 13.5 Å². The minimum absolute atomic E-state index is 0.890. The molecular weight excluding hydrogens is 114 g/mol. The second kappa shape index (κ2) is 1.43. The molecule has 0 amide bonds. The number of hydrogen-bond acceptors (Lipinski definition) is 2. The Morgan fingerprint density at radius 1 is 1.67 bits per heavy atom. The van der Waals surface area contributed by atoms with Gasteiger partial charge in [0, 0.05) is 0 Å². The van der Waals surface area contributed by atoms with Crippen molar-refractivity contribution in [3.8, 4) is 0 Å². The van der Waals surface area contributed by atoms with Gasteiger partial charge in [-0.05, 0) is 12.5 Å². The lowest BCUT2D eigenvalue weighted by atomic mass is 10.2. The van der Waals surface area contributed by atoms with Crippen molar-refractivity contribution < 1.29 is 0 Å². The van der Waals surface area contributed by atoms with E-state index in [1.807, 2.05) is 4.68 Å². The summed E-state index contributed by atoms with van der Waals surface area (Å²) in [6.07, 6.45) is 3.93. The molecule has 0 aliphatic carbocycles. The highest BCUT2D eigenvalue weighted by molar-refractivity contribution is 5.62. The van der Waals surface area contributed by atoms with E-state index in [4.69, 9.17) is 0 Å². The van der Waals surface area contributed by atoms with Gasteiger partial charge in [0.15, 0.2) is 0 Å². The Bertz CT molecular complexity index is 259. The predicted octanol–water partition coefficient (Wildman–Crippen LogP) is 0.695.